The summed E-state index contributed by atoms with van der Waals surface area (Å²) < 4.78 is 0. The Morgan fingerprint density at radius 3 is 3.06 bits per heavy atom. The molecule has 0 bridgehead atoms. The number of aliphatic hydroxyl groups is 1. The van der Waals surface area contributed by atoms with Gasteiger partial charge in [-0.3, -0.25) is 0 Å². The van der Waals surface area contributed by atoms with Crippen LogP contribution in [0.2, 0.25) is 5.02 Å². The fourth-order valence-electron chi connectivity index (χ4n) is 1.94. The van der Waals surface area contributed by atoms with Crippen LogP contribution in [0.4, 0.5) is 4.79 Å². The quantitative estimate of drug-likeness (QED) is 0.781. The largest absolute Gasteiger partial charge is 0.394 e. The Bertz CT molecular complexity index is 439. The topological polar surface area (TPSA) is 61.4 Å². The van der Waals surface area contributed by atoms with Crippen LogP contribution in [0, 0.1) is 0 Å². The van der Waals surface area contributed by atoms with Gasteiger partial charge in [0, 0.05) is 17.0 Å². The number of hydrogen-bond acceptors (Lipinski definition) is 2. The number of halogens is 1. The van der Waals surface area contributed by atoms with Crippen LogP contribution in [-0.2, 0) is 0 Å². The summed E-state index contributed by atoms with van der Waals surface area (Å²) in [7, 11) is 0. The number of rotatable bonds is 4. The molecule has 5 heteroatoms. The lowest BCUT2D eigenvalue weighted by atomic mass is 10.1. The van der Waals surface area contributed by atoms with Gasteiger partial charge in [0.05, 0.1) is 12.6 Å². The van der Waals surface area contributed by atoms with Crippen LogP contribution in [0.25, 0.3) is 0 Å². The Balaban J connectivity index is 1.83. The van der Waals surface area contributed by atoms with Gasteiger partial charge in [-0.15, -0.1) is 0 Å². The van der Waals surface area contributed by atoms with Crippen molar-refractivity contribution in [2.45, 2.75) is 31.3 Å². The summed E-state index contributed by atoms with van der Waals surface area (Å²) in [5, 5.41) is 15.1. The van der Waals surface area contributed by atoms with Gasteiger partial charge in [-0.1, -0.05) is 23.7 Å². The Hall–Kier alpha value is -1.26. The van der Waals surface area contributed by atoms with Crippen LogP contribution in [0.3, 0.4) is 0 Å². The van der Waals surface area contributed by atoms with E-state index in [1.807, 2.05) is 24.3 Å². The highest BCUT2D eigenvalue weighted by atomic mass is 35.5. The fourth-order valence-corrected chi connectivity index (χ4v) is 2.14. The molecule has 0 radical (unpaired) electrons. The number of aliphatic hydroxyl groups excluding tert-OH is 1. The molecule has 1 saturated carbocycles. The van der Waals surface area contributed by atoms with Gasteiger partial charge in [-0.2, -0.15) is 0 Å². The number of carbonyl (C=O) groups is 1. The predicted molar refractivity (Wildman–Crippen MR) is 70.8 cm³/mol. The summed E-state index contributed by atoms with van der Waals surface area (Å²) in [6, 6.07) is 7.41. The fraction of sp³-hybridized carbons (Fsp3) is 0.462. The van der Waals surface area contributed by atoms with Crippen molar-refractivity contribution < 1.29 is 9.90 Å². The van der Waals surface area contributed by atoms with E-state index in [1.165, 1.54) is 0 Å². The van der Waals surface area contributed by atoms with Gasteiger partial charge >= 0.3 is 6.03 Å². The van der Waals surface area contributed by atoms with Crippen molar-refractivity contribution in [2.24, 2.45) is 0 Å². The van der Waals surface area contributed by atoms with Gasteiger partial charge in [-0.05, 0) is 31.0 Å². The smallest absolute Gasteiger partial charge is 0.315 e. The number of hydrogen-bond donors (Lipinski definition) is 3. The van der Waals surface area contributed by atoms with E-state index < -0.39 is 0 Å². The van der Waals surface area contributed by atoms with Crippen molar-refractivity contribution in [3.8, 4) is 0 Å². The van der Waals surface area contributed by atoms with E-state index >= 15 is 0 Å². The summed E-state index contributed by atoms with van der Waals surface area (Å²) in [4.78, 5) is 11.5. The van der Waals surface area contributed by atoms with Gasteiger partial charge in [0.25, 0.3) is 0 Å². The Labute approximate surface area is 111 Å². The summed E-state index contributed by atoms with van der Waals surface area (Å²) in [6.07, 6.45) is 0.932. The van der Waals surface area contributed by atoms with Crippen LogP contribution >= 0.6 is 11.6 Å². The van der Waals surface area contributed by atoms with Crippen molar-refractivity contribution in [2.75, 3.05) is 6.61 Å². The Kier molecular flexibility index (Phi) is 4.09. The molecular formula is C13H17ClN2O2. The SMILES string of the molecule is CC(CO)NC(=O)NC1CC1c1cccc(Cl)c1. The maximum absolute atomic E-state index is 11.5. The normalized spacial score (nSPS) is 23.3. The minimum atomic E-state index is -0.230. The first-order chi connectivity index (χ1) is 8.60. The van der Waals surface area contributed by atoms with Crippen molar-refractivity contribution in [1.29, 1.82) is 0 Å². The van der Waals surface area contributed by atoms with E-state index in [2.05, 4.69) is 10.6 Å². The molecule has 4 nitrogen and oxygen atoms in total. The highest BCUT2D eigenvalue weighted by Gasteiger charge is 2.39. The Morgan fingerprint density at radius 1 is 1.61 bits per heavy atom. The third-order valence-electron chi connectivity index (χ3n) is 3.04. The molecule has 1 aromatic rings. The highest BCUT2D eigenvalue weighted by molar-refractivity contribution is 6.30. The first-order valence-electron chi connectivity index (χ1n) is 6.03. The van der Waals surface area contributed by atoms with Gasteiger partial charge in [0.1, 0.15) is 0 Å². The maximum Gasteiger partial charge on any atom is 0.315 e. The number of nitrogens with one attached hydrogen (secondary N) is 2. The lowest BCUT2D eigenvalue weighted by Crippen LogP contribution is -2.43. The molecule has 0 aromatic heterocycles. The second-order valence-electron chi connectivity index (χ2n) is 4.71. The third-order valence-corrected chi connectivity index (χ3v) is 3.27. The van der Waals surface area contributed by atoms with Crippen LogP contribution in [0.1, 0.15) is 24.8 Å². The minimum absolute atomic E-state index is 0.0597. The number of benzene rings is 1. The monoisotopic (exact) mass is 268 g/mol. The molecule has 18 heavy (non-hydrogen) atoms. The summed E-state index contributed by atoms with van der Waals surface area (Å²) in [6.45, 7) is 1.69. The van der Waals surface area contributed by atoms with E-state index in [-0.39, 0.29) is 24.7 Å². The number of carbonyl (C=O) groups excluding carboxylic acids is 1. The van der Waals surface area contributed by atoms with Crippen LogP contribution in [0.15, 0.2) is 24.3 Å². The number of urea groups is 1. The van der Waals surface area contributed by atoms with E-state index in [1.54, 1.807) is 6.92 Å². The molecule has 0 saturated heterocycles. The van der Waals surface area contributed by atoms with Crippen molar-refractivity contribution in [1.82, 2.24) is 10.6 Å². The zero-order valence-corrected chi connectivity index (χ0v) is 10.9. The lowest BCUT2D eigenvalue weighted by molar-refractivity contribution is 0.220. The minimum Gasteiger partial charge on any atom is -0.394 e. The van der Waals surface area contributed by atoms with Gasteiger partial charge in [0.2, 0.25) is 0 Å². The standard InChI is InChI=1S/C13H17ClN2O2/c1-8(7-17)15-13(18)16-12-6-11(12)9-3-2-4-10(14)5-9/h2-5,8,11-12,17H,6-7H2,1H3,(H2,15,16,18). The van der Waals surface area contributed by atoms with Crippen molar-refractivity contribution >= 4 is 17.6 Å². The van der Waals surface area contributed by atoms with Gasteiger partial charge in [0.15, 0.2) is 0 Å². The molecule has 1 aliphatic rings. The average molecular weight is 269 g/mol. The lowest BCUT2D eigenvalue weighted by Gasteiger charge is -2.11. The molecule has 1 fully saturated rings. The molecule has 3 atom stereocenters. The summed E-state index contributed by atoms with van der Waals surface area (Å²) >= 11 is 5.93. The first-order valence-corrected chi connectivity index (χ1v) is 6.41. The van der Waals surface area contributed by atoms with E-state index in [0.717, 1.165) is 17.0 Å². The second-order valence-corrected chi connectivity index (χ2v) is 5.14. The molecule has 0 aliphatic heterocycles. The molecule has 1 aromatic carbocycles. The molecule has 98 valence electrons. The third kappa shape index (κ3) is 3.37. The Morgan fingerprint density at radius 2 is 2.39 bits per heavy atom. The highest BCUT2D eigenvalue weighted by Crippen LogP contribution is 2.41. The predicted octanol–water partition coefficient (Wildman–Crippen LogP) is 1.88. The van der Waals surface area contributed by atoms with Crippen LogP contribution in [-0.4, -0.2) is 29.8 Å². The van der Waals surface area contributed by atoms with Crippen LogP contribution in [0.5, 0.6) is 0 Å². The molecule has 3 unspecified atom stereocenters. The first kappa shape index (κ1) is 13.2. The summed E-state index contributed by atoms with van der Waals surface area (Å²) in [5.74, 6) is 0.346. The van der Waals surface area contributed by atoms with Crippen molar-refractivity contribution in [3.63, 3.8) is 0 Å². The summed E-state index contributed by atoms with van der Waals surface area (Å²) in [5.41, 5.74) is 1.16. The molecule has 0 spiro atoms. The van der Waals surface area contributed by atoms with Crippen molar-refractivity contribution in [3.05, 3.63) is 34.9 Å². The molecule has 2 rings (SSSR count). The molecule has 1 aliphatic carbocycles. The van der Waals surface area contributed by atoms with Crippen LogP contribution < -0.4 is 10.6 Å². The molecular weight excluding hydrogens is 252 g/mol. The maximum atomic E-state index is 11.5. The van der Waals surface area contributed by atoms with Gasteiger partial charge < -0.3 is 15.7 Å². The van der Waals surface area contributed by atoms with Gasteiger partial charge in [-0.25, -0.2) is 4.79 Å². The van der Waals surface area contributed by atoms with E-state index in [0.29, 0.717) is 5.92 Å². The molecule has 3 N–H and O–H groups in total. The van der Waals surface area contributed by atoms with E-state index in [4.69, 9.17) is 16.7 Å². The number of amides is 2. The second kappa shape index (κ2) is 5.59. The molecule has 0 heterocycles. The average Bonchev–Trinajstić information content (AvgIpc) is 3.08. The molecule has 2 amide bonds. The van der Waals surface area contributed by atoms with E-state index in [9.17, 15) is 4.79 Å². The zero-order valence-electron chi connectivity index (χ0n) is 10.2. The zero-order chi connectivity index (χ0) is 13.1.